The lowest BCUT2D eigenvalue weighted by Crippen LogP contribution is -2.17. The number of aromatic nitrogens is 1. The predicted molar refractivity (Wildman–Crippen MR) is 122 cm³/mol. The van der Waals surface area contributed by atoms with Gasteiger partial charge in [-0.1, -0.05) is 38.1 Å². The van der Waals surface area contributed by atoms with E-state index in [0.717, 1.165) is 17.7 Å². The highest BCUT2D eigenvalue weighted by Gasteiger charge is 2.05. The molecule has 0 fully saturated rings. The number of hydrazone groups is 1. The molecule has 1 N–H and O–H groups in total. The number of carbonyl (C=O) groups excluding carboxylic acids is 1. The Morgan fingerprint density at radius 2 is 1.74 bits per heavy atom. The van der Waals surface area contributed by atoms with Gasteiger partial charge in [0.25, 0.3) is 5.91 Å². The van der Waals surface area contributed by atoms with Crippen LogP contribution in [0.3, 0.4) is 0 Å². The van der Waals surface area contributed by atoms with Crippen molar-refractivity contribution >= 4 is 12.1 Å². The molecule has 0 saturated heterocycles. The van der Waals surface area contributed by atoms with Crippen LogP contribution in [-0.4, -0.2) is 30.3 Å². The average Bonchev–Trinajstić information content (AvgIpc) is 2.83. The molecule has 0 aliphatic heterocycles. The fourth-order valence-electron chi connectivity index (χ4n) is 2.89. The van der Waals surface area contributed by atoms with E-state index in [0.29, 0.717) is 30.4 Å². The quantitative estimate of drug-likeness (QED) is 0.292. The Balaban J connectivity index is 1.48. The van der Waals surface area contributed by atoms with Crippen LogP contribution in [0.2, 0.25) is 0 Å². The maximum Gasteiger partial charge on any atom is 0.271 e. The summed E-state index contributed by atoms with van der Waals surface area (Å²) >= 11 is 0. The molecule has 0 aliphatic carbocycles. The van der Waals surface area contributed by atoms with Crippen molar-refractivity contribution in [3.8, 4) is 11.5 Å². The Hall–Kier alpha value is -3.67. The molecule has 0 bridgehead atoms. The van der Waals surface area contributed by atoms with Crippen LogP contribution in [0, 0.1) is 0 Å². The summed E-state index contributed by atoms with van der Waals surface area (Å²) in [7, 11) is 0. The summed E-state index contributed by atoms with van der Waals surface area (Å²) in [5.74, 6) is 1.74. The molecule has 0 saturated carbocycles. The summed E-state index contributed by atoms with van der Waals surface area (Å²) in [6, 6.07) is 18.9. The Labute approximate surface area is 182 Å². The molecular formula is C25H27N3O3. The topological polar surface area (TPSA) is 72.8 Å². The molecule has 1 atom stereocenters. The Morgan fingerprint density at radius 3 is 2.48 bits per heavy atom. The van der Waals surface area contributed by atoms with Gasteiger partial charge in [-0.3, -0.25) is 9.78 Å². The number of para-hydroxylation sites is 1. The Kier molecular flexibility index (Phi) is 8.17. The van der Waals surface area contributed by atoms with Crippen LogP contribution < -0.4 is 14.9 Å². The van der Waals surface area contributed by atoms with E-state index in [4.69, 9.17) is 9.47 Å². The minimum Gasteiger partial charge on any atom is -0.490 e. The Bertz CT molecular complexity index is 988. The van der Waals surface area contributed by atoms with E-state index in [9.17, 15) is 4.79 Å². The molecule has 0 spiro atoms. The van der Waals surface area contributed by atoms with E-state index in [1.807, 2.05) is 36.4 Å². The number of ether oxygens (including phenoxy) is 2. The predicted octanol–water partition coefficient (Wildman–Crippen LogP) is 4.82. The lowest BCUT2D eigenvalue weighted by atomic mass is 9.99. The summed E-state index contributed by atoms with van der Waals surface area (Å²) < 4.78 is 11.6. The van der Waals surface area contributed by atoms with Gasteiger partial charge < -0.3 is 9.47 Å². The normalized spacial score (nSPS) is 11.8. The number of amides is 1. The number of hydrogen-bond acceptors (Lipinski definition) is 5. The zero-order valence-corrected chi connectivity index (χ0v) is 17.8. The first-order chi connectivity index (χ1) is 15.2. The zero-order chi connectivity index (χ0) is 21.9. The first-order valence-electron chi connectivity index (χ1n) is 10.4. The van der Waals surface area contributed by atoms with Gasteiger partial charge in [0.05, 0.1) is 6.21 Å². The third kappa shape index (κ3) is 6.67. The monoisotopic (exact) mass is 417 g/mol. The molecule has 1 amide bonds. The lowest BCUT2D eigenvalue weighted by Gasteiger charge is -2.12. The molecule has 1 aromatic heterocycles. The molecule has 160 valence electrons. The van der Waals surface area contributed by atoms with E-state index in [1.165, 1.54) is 5.56 Å². The minimum absolute atomic E-state index is 0.301. The van der Waals surface area contributed by atoms with Crippen LogP contribution in [0.15, 0.2) is 78.2 Å². The van der Waals surface area contributed by atoms with Crippen LogP contribution >= 0.6 is 0 Å². The molecule has 3 rings (SSSR count). The first kappa shape index (κ1) is 22.0. The number of pyridine rings is 1. The van der Waals surface area contributed by atoms with Crippen LogP contribution in [0.1, 0.15) is 47.7 Å². The molecule has 1 heterocycles. The molecule has 31 heavy (non-hydrogen) atoms. The van der Waals surface area contributed by atoms with E-state index >= 15 is 0 Å². The van der Waals surface area contributed by atoms with Gasteiger partial charge in [-0.05, 0) is 54.3 Å². The second kappa shape index (κ2) is 11.5. The number of carbonyl (C=O) groups is 1. The van der Waals surface area contributed by atoms with E-state index < -0.39 is 0 Å². The number of nitrogens with zero attached hydrogens (tertiary/aromatic N) is 2. The van der Waals surface area contributed by atoms with Crippen molar-refractivity contribution in [1.82, 2.24) is 10.4 Å². The van der Waals surface area contributed by atoms with Crippen molar-refractivity contribution in [3.63, 3.8) is 0 Å². The maximum atomic E-state index is 12.0. The molecule has 6 nitrogen and oxygen atoms in total. The summed E-state index contributed by atoms with van der Waals surface area (Å²) in [5.41, 5.74) is 5.07. The maximum absolute atomic E-state index is 12.0. The van der Waals surface area contributed by atoms with E-state index in [1.54, 1.807) is 30.7 Å². The number of rotatable bonds is 10. The highest BCUT2D eigenvalue weighted by Crippen LogP contribution is 2.21. The average molecular weight is 418 g/mol. The lowest BCUT2D eigenvalue weighted by molar-refractivity contribution is 0.0955. The van der Waals surface area contributed by atoms with Gasteiger partial charge in [-0.2, -0.15) is 5.10 Å². The smallest absolute Gasteiger partial charge is 0.271 e. The van der Waals surface area contributed by atoms with Gasteiger partial charge in [-0.25, -0.2) is 5.43 Å². The van der Waals surface area contributed by atoms with Crippen LogP contribution in [0.4, 0.5) is 0 Å². The molecular weight excluding hydrogens is 390 g/mol. The van der Waals surface area contributed by atoms with Gasteiger partial charge in [0.1, 0.15) is 24.7 Å². The fourth-order valence-corrected chi connectivity index (χ4v) is 2.89. The third-order valence-electron chi connectivity index (χ3n) is 4.90. The highest BCUT2D eigenvalue weighted by molar-refractivity contribution is 5.94. The van der Waals surface area contributed by atoms with Crippen LogP contribution in [-0.2, 0) is 0 Å². The summed E-state index contributed by atoms with van der Waals surface area (Å²) in [5, 5.41) is 4.03. The van der Waals surface area contributed by atoms with Crippen LogP contribution in [0.5, 0.6) is 11.5 Å². The van der Waals surface area contributed by atoms with E-state index in [-0.39, 0.29) is 5.91 Å². The summed E-state index contributed by atoms with van der Waals surface area (Å²) in [6.45, 7) is 5.22. The number of nitrogens with one attached hydrogen (secondary N) is 1. The van der Waals surface area contributed by atoms with Crippen molar-refractivity contribution in [2.45, 2.75) is 26.2 Å². The molecule has 3 aromatic rings. The SMILES string of the molecule is CC[C@H](C)c1ccc(OCCOc2ccccc2/C=N\NC(=O)c2ccncc2)cc1. The minimum atomic E-state index is -0.301. The Morgan fingerprint density at radius 1 is 1.03 bits per heavy atom. The summed E-state index contributed by atoms with van der Waals surface area (Å²) in [4.78, 5) is 15.9. The second-order valence-corrected chi connectivity index (χ2v) is 7.05. The van der Waals surface area contributed by atoms with Gasteiger partial charge in [0, 0.05) is 23.5 Å². The molecule has 6 heteroatoms. The van der Waals surface area contributed by atoms with Crippen molar-refractivity contribution < 1.29 is 14.3 Å². The van der Waals surface area contributed by atoms with Crippen molar-refractivity contribution in [1.29, 1.82) is 0 Å². The van der Waals surface area contributed by atoms with Gasteiger partial charge >= 0.3 is 0 Å². The largest absolute Gasteiger partial charge is 0.490 e. The molecule has 0 aliphatic rings. The van der Waals surface area contributed by atoms with Crippen molar-refractivity contribution in [2.75, 3.05) is 13.2 Å². The fraction of sp³-hybridized carbons (Fsp3) is 0.240. The standard InChI is InChI=1S/C25H27N3O3/c1-3-19(2)20-8-10-23(11-9-20)30-16-17-31-24-7-5-4-6-22(24)18-27-28-25(29)21-12-14-26-15-13-21/h4-15,18-19H,3,16-17H2,1-2H3,(H,28,29)/b27-18-/t19-/m0/s1. The van der Waals surface area contributed by atoms with Gasteiger partial charge in [-0.15, -0.1) is 0 Å². The molecule has 2 aromatic carbocycles. The van der Waals surface area contributed by atoms with Crippen LogP contribution in [0.25, 0.3) is 0 Å². The summed E-state index contributed by atoms with van der Waals surface area (Å²) in [6.07, 6.45) is 5.79. The van der Waals surface area contributed by atoms with Crippen molar-refractivity contribution in [2.24, 2.45) is 5.10 Å². The highest BCUT2D eigenvalue weighted by atomic mass is 16.5. The van der Waals surface area contributed by atoms with E-state index in [2.05, 4.69) is 41.5 Å². The molecule has 0 unspecified atom stereocenters. The number of hydrogen-bond donors (Lipinski definition) is 1. The van der Waals surface area contributed by atoms with Gasteiger partial charge in [0.15, 0.2) is 0 Å². The van der Waals surface area contributed by atoms with Gasteiger partial charge in [0.2, 0.25) is 0 Å². The second-order valence-electron chi connectivity index (χ2n) is 7.05. The zero-order valence-electron chi connectivity index (χ0n) is 17.8. The third-order valence-corrected chi connectivity index (χ3v) is 4.90. The van der Waals surface area contributed by atoms with Crippen molar-refractivity contribution in [3.05, 3.63) is 89.7 Å². The molecule has 0 radical (unpaired) electrons. The number of benzene rings is 2. The first-order valence-corrected chi connectivity index (χ1v) is 10.4.